The predicted octanol–water partition coefficient (Wildman–Crippen LogP) is 4.46. The van der Waals surface area contributed by atoms with Crippen LogP contribution in [0.15, 0.2) is 30.3 Å². The summed E-state index contributed by atoms with van der Waals surface area (Å²) in [5.74, 6) is -1.44. The monoisotopic (exact) mass is 333 g/mol. The van der Waals surface area contributed by atoms with Crippen LogP contribution in [0, 0.1) is 18.6 Å². The van der Waals surface area contributed by atoms with Crippen molar-refractivity contribution in [3.05, 3.63) is 53.4 Å². The van der Waals surface area contributed by atoms with Crippen LogP contribution in [-0.2, 0) is 6.54 Å². The molecule has 1 N–H and O–H groups in total. The Balaban J connectivity index is 1.83. The maximum absolute atomic E-state index is 13.8. The van der Waals surface area contributed by atoms with Crippen molar-refractivity contribution in [1.29, 1.82) is 0 Å². The minimum atomic E-state index is -0.772. The maximum atomic E-state index is 13.8. The van der Waals surface area contributed by atoms with Gasteiger partial charge in [0.15, 0.2) is 0 Å². The van der Waals surface area contributed by atoms with Crippen LogP contribution in [0.2, 0.25) is 0 Å². The van der Waals surface area contributed by atoms with Gasteiger partial charge in [0.2, 0.25) is 0 Å². The van der Waals surface area contributed by atoms with Crippen LogP contribution in [0.3, 0.4) is 0 Å². The Hall–Kier alpha value is -2.37. The summed E-state index contributed by atoms with van der Waals surface area (Å²) < 4.78 is 29.0. The molecule has 3 rings (SSSR count). The number of carbonyl (C=O) groups excluding carboxylic acids is 1. The van der Waals surface area contributed by atoms with Crippen molar-refractivity contribution in [3.63, 3.8) is 0 Å². The van der Waals surface area contributed by atoms with Crippen LogP contribution in [0.4, 0.5) is 19.3 Å². The summed E-state index contributed by atoms with van der Waals surface area (Å²) in [4.78, 5) is 14.4. The number of benzene rings is 1. The SMILES string of the molecule is CCC[C@@H]1c2ccc(C)n2CCN1C(=O)Nc1ccc(F)cc1F. The van der Waals surface area contributed by atoms with Crippen molar-refractivity contribution in [2.45, 2.75) is 39.3 Å². The largest absolute Gasteiger partial charge is 0.345 e. The highest BCUT2D eigenvalue weighted by Gasteiger charge is 2.31. The van der Waals surface area contributed by atoms with Crippen molar-refractivity contribution < 1.29 is 13.6 Å². The van der Waals surface area contributed by atoms with Gasteiger partial charge in [-0.1, -0.05) is 13.3 Å². The molecule has 1 aliphatic rings. The van der Waals surface area contributed by atoms with E-state index >= 15 is 0 Å². The lowest BCUT2D eigenvalue weighted by atomic mass is 10.0. The molecule has 2 aromatic rings. The number of carbonyl (C=O) groups is 1. The first kappa shape index (κ1) is 16.5. The van der Waals surface area contributed by atoms with Crippen LogP contribution in [-0.4, -0.2) is 22.0 Å². The number of urea groups is 1. The van der Waals surface area contributed by atoms with Gasteiger partial charge in [0.1, 0.15) is 11.6 Å². The van der Waals surface area contributed by atoms with Crippen LogP contribution in [0.1, 0.15) is 37.2 Å². The van der Waals surface area contributed by atoms with E-state index in [1.54, 1.807) is 4.90 Å². The Bertz CT molecular complexity index is 757. The van der Waals surface area contributed by atoms with Crippen molar-refractivity contribution in [2.75, 3.05) is 11.9 Å². The third kappa shape index (κ3) is 3.00. The zero-order valence-electron chi connectivity index (χ0n) is 13.9. The van der Waals surface area contributed by atoms with E-state index in [0.29, 0.717) is 13.1 Å². The van der Waals surface area contributed by atoms with Crippen LogP contribution in [0.5, 0.6) is 0 Å². The fourth-order valence-corrected chi connectivity index (χ4v) is 3.31. The van der Waals surface area contributed by atoms with E-state index in [2.05, 4.69) is 29.8 Å². The van der Waals surface area contributed by atoms with E-state index in [1.807, 2.05) is 6.07 Å². The summed E-state index contributed by atoms with van der Waals surface area (Å²) in [6.07, 6.45) is 1.77. The molecule has 0 bridgehead atoms. The number of nitrogens with zero attached hydrogens (tertiary/aromatic N) is 2. The molecule has 1 aliphatic heterocycles. The normalized spacial score (nSPS) is 16.8. The Morgan fingerprint density at radius 2 is 2.04 bits per heavy atom. The van der Waals surface area contributed by atoms with Crippen molar-refractivity contribution in [3.8, 4) is 0 Å². The molecule has 0 saturated carbocycles. The molecule has 0 spiro atoms. The minimum absolute atomic E-state index is 0.00575. The number of anilines is 1. The molecule has 2 amide bonds. The van der Waals surface area contributed by atoms with E-state index in [9.17, 15) is 13.6 Å². The molecule has 1 atom stereocenters. The number of aromatic nitrogens is 1. The van der Waals surface area contributed by atoms with E-state index in [4.69, 9.17) is 0 Å². The number of hydrogen-bond acceptors (Lipinski definition) is 1. The van der Waals surface area contributed by atoms with Gasteiger partial charge in [-0.15, -0.1) is 0 Å². The third-order valence-electron chi connectivity index (χ3n) is 4.51. The quantitative estimate of drug-likeness (QED) is 0.884. The summed E-state index contributed by atoms with van der Waals surface area (Å²) in [5.41, 5.74) is 2.28. The van der Waals surface area contributed by atoms with Crippen LogP contribution in [0.25, 0.3) is 0 Å². The van der Waals surface area contributed by atoms with Crippen LogP contribution < -0.4 is 5.32 Å². The molecule has 0 aliphatic carbocycles. The number of rotatable bonds is 3. The lowest BCUT2D eigenvalue weighted by molar-refractivity contribution is 0.162. The molecule has 0 unspecified atom stereocenters. The summed E-state index contributed by atoms with van der Waals surface area (Å²) in [6, 6.07) is 6.85. The first-order valence-corrected chi connectivity index (χ1v) is 8.20. The molecule has 128 valence electrons. The molecule has 0 saturated heterocycles. The third-order valence-corrected chi connectivity index (χ3v) is 4.51. The van der Waals surface area contributed by atoms with Crippen molar-refractivity contribution in [2.24, 2.45) is 0 Å². The van der Waals surface area contributed by atoms with Gasteiger partial charge >= 0.3 is 6.03 Å². The number of aryl methyl sites for hydroxylation is 1. The lowest BCUT2D eigenvalue weighted by Gasteiger charge is -2.37. The first-order valence-electron chi connectivity index (χ1n) is 8.20. The summed E-state index contributed by atoms with van der Waals surface area (Å²) in [7, 11) is 0. The zero-order chi connectivity index (χ0) is 17.3. The summed E-state index contributed by atoms with van der Waals surface area (Å²) in [6.45, 7) is 5.40. The van der Waals surface area contributed by atoms with E-state index in [-0.39, 0.29) is 17.8 Å². The Kier molecular flexibility index (Phi) is 4.55. The second-order valence-electron chi connectivity index (χ2n) is 6.10. The molecular formula is C18H21F2N3O. The molecule has 24 heavy (non-hydrogen) atoms. The molecule has 1 aromatic heterocycles. The standard InChI is InChI=1S/C18H21F2N3O/c1-3-4-16-17-8-5-12(2)22(17)9-10-23(16)18(24)21-15-7-6-13(19)11-14(15)20/h5-8,11,16H,3-4,9-10H2,1-2H3,(H,21,24)/t16-/m1/s1. The smallest absolute Gasteiger partial charge is 0.322 e. The second kappa shape index (κ2) is 6.63. The van der Waals surface area contributed by atoms with Gasteiger partial charge in [0.05, 0.1) is 11.7 Å². The number of amides is 2. The maximum Gasteiger partial charge on any atom is 0.322 e. The van der Waals surface area contributed by atoms with Crippen molar-refractivity contribution >= 4 is 11.7 Å². The fraction of sp³-hybridized carbons (Fsp3) is 0.389. The van der Waals surface area contributed by atoms with Gasteiger partial charge in [0, 0.05) is 30.5 Å². The molecule has 6 heteroatoms. The average molecular weight is 333 g/mol. The Morgan fingerprint density at radius 3 is 2.75 bits per heavy atom. The van der Waals surface area contributed by atoms with Gasteiger partial charge in [-0.3, -0.25) is 0 Å². The number of fused-ring (bicyclic) bond motifs is 1. The summed E-state index contributed by atoms with van der Waals surface area (Å²) >= 11 is 0. The highest BCUT2D eigenvalue weighted by atomic mass is 19.1. The highest BCUT2D eigenvalue weighted by molar-refractivity contribution is 5.89. The van der Waals surface area contributed by atoms with Crippen molar-refractivity contribution in [1.82, 2.24) is 9.47 Å². The molecular weight excluding hydrogens is 312 g/mol. The van der Waals surface area contributed by atoms with Crippen LogP contribution >= 0.6 is 0 Å². The topological polar surface area (TPSA) is 37.3 Å². The fourth-order valence-electron chi connectivity index (χ4n) is 3.31. The average Bonchev–Trinajstić information content (AvgIpc) is 2.92. The van der Waals surface area contributed by atoms with Gasteiger partial charge in [-0.2, -0.15) is 0 Å². The Morgan fingerprint density at radius 1 is 1.25 bits per heavy atom. The first-order chi connectivity index (χ1) is 11.5. The molecule has 0 fully saturated rings. The van der Waals surface area contributed by atoms with E-state index < -0.39 is 11.6 Å². The molecule has 0 radical (unpaired) electrons. The van der Waals surface area contributed by atoms with Gasteiger partial charge in [-0.25, -0.2) is 13.6 Å². The summed E-state index contributed by atoms with van der Waals surface area (Å²) in [5, 5.41) is 2.57. The number of hydrogen-bond donors (Lipinski definition) is 1. The second-order valence-corrected chi connectivity index (χ2v) is 6.10. The van der Waals surface area contributed by atoms with Gasteiger partial charge < -0.3 is 14.8 Å². The molecule has 2 heterocycles. The minimum Gasteiger partial charge on any atom is -0.345 e. The number of halogens is 2. The molecule has 4 nitrogen and oxygen atoms in total. The molecule has 1 aromatic carbocycles. The van der Waals surface area contributed by atoms with Gasteiger partial charge in [-0.05, 0) is 37.6 Å². The van der Waals surface area contributed by atoms with Gasteiger partial charge in [0.25, 0.3) is 0 Å². The Labute approximate surface area is 140 Å². The zero-order valence-corrected chi connectivity index (χ0v) is 13.9. The van der Waals surface area contributed by atoms with E-state index in [0.717, 1.165) is 30.7 Å². The predicted molar refractivity (Wildman–Crippen MR) is 88.9 cm³/mol. The van der Waals surface area contributed by atoms with E-state index in [1.165, 1.54) is 11.8 Å². The lowest BCUT2D eigenvalue weighted by Crippen LogP contribution is -2.44. The highest BCUT2D eigenvalue weighted by Crippen LogP contribution is 2.32. The number of nitrogens with one attached hydrogen (secondary N) is 1.